The highest BCUT2D eigenvalue weighted by atomic mass is 19.4. The zero-order valence-electron chi connectivity index (χ0n) is 9.69. The van der Waals surface area contributed by atoms with Gasteiger partial charge in [0.15, 0.2) is 0 Å². The number of halogens is 7. The summed E-state index contributed by atoms with van der Waals surface area (Å²) in [6.45, 7) is -1.13. The molecule has 0 aromatic carbocycles. The Morgan fingerprint density at radius 3 is 2.00 bits per heavy atom. The highest BCUT2D eigenvalue weighted by Gasteiger charge is 2.62. The van der Waals surface area contributed by atoms with Crippen LogP contribution in [0.2, 0.25) is 0 Å². The fourth-order valence-electron chi connectivity index (χ4n) is 1.47. The molecular formula is C10H13F7O2. The van der Waals surface area contributed by atoms with Crippen molar-refractivity contribution < 1.29 is 40.6 Å². The highest BCUT2D eigenvalue weighted by molar-refractivity contribution is 4.81. The van der Waals surface area contributed by atoms with Crippen LogP contribution in [0.5, 0.6) is 0 Å². The second-order valence-electron chi connectivity index (χ2n) is 4.66. The molecule has 1 atom stereocenters. The topological polar surface area (TPSA) is 29.5 Å². The summed E-state index contributed by atoms with van der Waals surface area (Å²) in [6, 6.07) is 0. The summed E-state index contributed by atoms with van der Waals surface area (Å²) in [4.78, 5) is 0. The van der Waals surface area contributed by atoms with Gasteiger partial charge >= 0.3 is 18.2 Å². The van der Waals surface area contributed by atoms with Gasteiger partial charge in [0.2, 0.25) is 0 Å². The fraction of sp³-hybridized carbons (Fsp3) is 1.00. The van der Waals surface area contributed by atoms with Crippen LogP contribution in [0.25, 0.3) is 0 Å². The summed E-state index contributed by atoms with van der Waals surface area (Å²) >= 11 is 0. The Labute approximate surface area is 104 Å². The van der Waals surface area contributed by atoms with Crippen LogP contribution in [0.15, 0.2) is 0 Å². The molecule has 2 nitrogen and oxygen atoms in total. The van der Waals surface area contributed by atoms with E-state index >= 15 is 0 Å². The van der Waals surface area contributed by atoms with E-state index in [9.17, 15) is 35.8 Å². The molecule has 0 spiro atoms. The Balaban J connectivity index is 2.47. The van der Waals surface area contributed by atoms with Crippen LogP contribution in [0.3, 0.4) is 0 Å². The van der Waals surface area contributed by atoms with Crippen LogP contribution in [-0.2, 0) is 4.74 Å². The molecule has 1 fully saturated rings. The summed E-state index contributed by atoms with van der Waals surface area (Å²) in [7, 11) is 0. The maximum atomic E-state index is 12.9. The normalized spacial score (nSPS) is 19.6. The molecule has 19 heavy (non-hydrogen) atoms. The van der Waals surface area contributed by atoms with Gasteiger partial charge < -0.3 is 9.84 Å². The predicted octanol–water partition coefficient (Wildman–Crippen LogP) is 3.34. The molecule has 1 aliphatic carbocycles. The van der Waals surface area contributed by atoms with E-state index in [0.29, 0.717) is 0 Å². The summed E-state index contributed by atoms with van der Waals surface area (Å²) in [5, 5.41) is 9.20. The van der Waals surface area contributed by atoms with Crippen molar-refractivity contribution in [2.45, 2.75) is 50.0 Å². The zero-order valence-corrected chi connectivity index (χ0v) is 9.69. The van der Waals surface area contributed by atoms with Gasteiger partial charge in [-0.25, -0.2) is 0 Å². The second-order valence-corrected chi connectivity index (χ2v) is 4.66. The Morgan fingerprint density at radius 2 is 1.58 bits per heavy atom. The molecule has 0 aromatic rings. The minimum atomic E-state index is -5.44. The van der Waals surface area contributed by atoms with Crippen molar-refractivity contribution in [2.75, 3.05) is 6.61 Å². The number of aliphatic hydroxyl groups excluding tert-OH is 1. The van der Waals surface area contributed by atoms with Crippen molar-refractivity contribution in [1.29, 1.82) is 0 Å². The molecule has 1 saturated carbocycles. The minimum Gasteiger partial charge on any atom is -0.391 e. The van der Waals surface area contributed by atoms with Crippen molar-refractivity contribution in [3.8, 4) is 0 Å². The second kappa shape index (κ2) is 5.43. The molecule has 9 heteroatoms. The first kappa shape index (κ1) is 16.5. The first-order valence-corrected chi connectivity index (χ1v) is 5.57. The molecule has 1 rings (SSSR count). The molecule has 0 radical (unpaired) electrons. The molecule has 0 aliphatic heterocycles. The lowest BCUT2D eigenvalue weighted by atomic mass is 10.2. The summed E-state index contributed by atoms with van der Waals surface area (Å²) in [5.41, 5.74) is 0. The Kier molecular flexibility index (Phi) is 4.71. The quantitative estimate of drug-likeness (QED) is 0.730. The largest absolute Gasteiger partial charge is 0.419 e. The van der Waals surface area contributed by atoms with Gasteiger partial charge in [0.1, 0.15) is 6.42 Å². The van der Waals surface area contributed by atoms with Crippen LogP contribution in [0, 0.1) is 5.92 Å². The van der Waals surface area contributed by atoms with E-state index in [0.717, 1.165) is 12.8 Å². The fourth-order valence-corrected chi connectivity index (χ4v) is 1.47. The molecule has 1 unspecified atom stereocenters. The van der Waals surface area contributed by atoms with Crippen molar-refractivity contribution in [1.82, 2.24) is 0 Å². The molecule has 114 valence electrons. The van der Waals surface area contributed by atoms with E-state index in [2.05, 4.69) is 4.74 Å². The third-order valence-electron chi connectivity index (χ3n) is 2.61. The Bertz CT molecular complexity index is 299. The smallest absolute Gasteiger partial charge is 0.391 e. The van der Waals surface area contributed by atoms with Gasteiger partial charge in [0.05, 0.1) is 12.7 Å². The van der Waals surface area contributed by atoms with Crippen LogP contribution >= 0.6 is 0 Å². The van der Waals surface area contributed by atoms with Gasteiger partial charge in [-0.1, -0.05) is 12.8 Å². The number of alkyl halides is 7. The van der Waals surface area contributed by atoms with E-state index in [-0.39, 0.29) is 12.3 Å². The first-order valence-electron chi connectivity index (χ1n) is 5.57. The van der Waals surface area contributed by atoms with E-state index in [1.54, 1.807) is 0 Å². The van der Waals surface area contributed by atoms with Crippen LogP contribution in [-0.4, -0.2) is 36.0 Å². The third kappa shape index (κ3) is 5.52. The van der Waals surface area contributed by atoms with E-state index in [4.69, 9.17) is 0 Å². The van der Waals surface area contributed by atoms with E-state index < -0.39 is 37.3 Å². The molecule has 0 saturated heterocycles. The van der Waals surface area contributed by atoms with Crippen LogP contribution in [0.1, 0.15) is 25.7 Å². The van der Waals surface area contributed by atoms with Crippen LogP contribution < -0.4 is 0 Å². The molecule has 1 aliphatic rings. The summed E-state index contributed by atoms with van der Waals surface area (Å²) in [5.74, 6) is -5.23. The number of hydrogen-bond acceptors (Lipinski definition) is 2. The van der Waals surface area contributed by atoms with Gasteiger partial charge in [-0.3, -0.25) is 0 Å². The molecule has 0 heterocycles. The van der Waals surface area contributed by atoms with Crippen molar-refractivity contribution >= 4 is 0 Å². The standard InChI is InChI=1S/C10H13F7O2/c11-8(12,5-9(13,14)15)10(16,17)19-4-7(18)3-6-1-2-6/h6-7,18H,1-5H2. The maximum absolute atomic E-state index is 12.9. The van der Waals surface area contributed by atoms with E-state index in [1.807, 2.05) is 0 Å². The van der Waals surface area contributed by atoms with Gasteiger partial charge in [-0.05, 0) is 12.3 Å². The number of hydrogen-bond donors (Lipinski definition) is 1. The maximum Gasteiger partial charge on any atom is 0.419 e. The molecule has 1 N–H and O–H groups in total. The summed E-state index contributed by atoms with van der Waals surface area (Å²) < 4.78 is 89.9. The van der Waals surface area contributed by atoms with Crippen molar-refractivity contribution in [3.63, 3.8) is 0 Å². The van der Waals surface area contributed by atoms with Gasteiger partial charge in [-0.15, -0.1) is 0 Å². The lowest BCUT2D eigenvalue weighted by Crippen LogP contribution is -2.46. The van der Waals surface area contributed by atoms with E-state index in [1.165, 1.54) is 0 Å². The lowest BCUT2D eigenvalue weighted by Gasteiger charge is -2.27. The zero-order chi connectivity index (χ0) is 14.9. The predicted molar refractivity (Wildman–Crippen MR) is 49.9 cm³/mol. The number of rotatable bonds is 7. The Morgan fingerprint density at radius 1 is 1.05 bits per heavy atom. The lowest BCUT2D eigenvalue weighted by molar-refractivity contribution is -0.369. The molecule has 0 amide bonds. The minimum absolute atomic E-state index is 0.112. The van der Waals surface area contributed by atoms with Crippen LogP contribution in [0.4, 0.5) is 30.7 Å². The molecular weight excluding hydrogens is 285 g/mol. The van der Waals surface area contributed by atoms with Gasteiger partial charge in [0, 0.05) is 0 Å². The molecule has 0 bridgehead atoms. The first-order chi connectivity index (χ1) is 8.43. The average molecular weight is 298 g/mol. The Hall–Kier alpha value is -0.570. The summed E-state index contributed by atoms with van der Waals surface area (Å²) in [6.07, 6.45) is -13.4. The van der Waals surface area contributed by atoms with Gasteiger partial charge in [-0.2, -0.15) is 30.7 Å². The monoisotopic (exact) mass is 298 g/mol. The van der Waals surface area contributed by atoms with Crippen molar-refractivity contribution in [2.24, 2.45) is 5.92 Å². The van der Waals surface area contributed by atoms with Crippen molar-refractivity contribution in [3.05, 3.63) is 0 Å². The average Bonchev–Trinajstić information content (AvgIpc) is 2.94. The molecule has 0 aromatic heterocycles. The SMILES string of the molecule is OC(COC(F)(F)C(F)(F)CC(F)(F)F)CC1CC1. The number of ether oxygens (including phenoxy) is 1. The number of aliphatic hydroxyl groups is 1. The van der Waals surface area contributed by atoms with Gasteiger partial charge in [0.25, 0.3) is 0 Å². The third-order valence-corrected chi connectivity index (χ3v) is 2.61. The highest BCUT2D eigenvalue weighted by Crippen LogP contribution is 2.43.